The number of rotatable bonds is 0. The highest BCUT2D eigenvalue weighted by molar-refractivity contribution is 7.16. The van der Waals surface area contributed by atoms with Crippen LogP contribution < -0.4 is 0 Å². The summed E-state index contributed by atoms with van der Waals surface area (Å²) in [6.07, 6.45) is 0. The van der Waals surface area contributed by atoms with Crippen LogP contribution in [0.4, 0.5) is 0 Å². The van der Waals surface area contributed by atoms with Gasteiger partial charge in [-0.25, -0.2) is 4.98 Å². The molecule has 0 N–H and O–H groups in total. The molecule has 3 heteroatoms. The lowest BCUT2D eigenvalue weighted by atomic mass is 10.1. The number of aryl methyl sites for hydroxylation is 1. The first-order valence-corrected chi connectivity index (χ1v) is 4.43. The third-order valence-corrected chi connectivity index (χ3v) is 2.59. The highest BCUT2D eigenvalue weighted by Gasteiger charge is 2.01. The van der Waals surface area contributed by atoms with Gasteiger partial charge < -0.3 is 0 Å². The van der Waals surface area contributed by atoms with Crippen molar-refractivity contribution >= 4 is 21.6 Å². The average Bonchev–Trinajstić information content (AvgIpc) is 2.49. The van der Waals surface area contributed by atoms with Gasteiger partial charge in [-0.05, 0) is 24.6 Å². The second-order valence-electron chi connectivity index (χ2n) is 2.60. The lowest BCUT2D eigenvalue weighted by Gasteiger charge is -1.94. The highest BCUT2D eigenvalue weighted by atomic mass is 32.1. The summed E-state index contributed by atoms with van der Waals surface area (Å²) in [5.41, 5.74) is 4.52. The predicted octanol–water partition coefficient (Wildman–Crippen LogP) is 2.48. The van der Waals surface area contributed by atoms with E-state index in [0.717, 1.165) is 21.3 Å². The molecule has 1 heterocycles. The SMILES string of the molecule is Cc1cc2ncsc2cc1C#N. The molecule has 0 saturated carbocycles. The first-order chi connectivity index (χ1) is 5.81. The van der Waals surface area contributed by atoms with Gasteiger partial charge in [0.1, 0.15) is 0 Å². The lowest BCUT2D eigenvalue weighted by molar-refractivity contribution is 1.40. The van der Waals surface area contributed by atoms with Crippen molar-refractivity contribution in [2.75, 3.05) is 0 Å². The Bertz CT molecular complexity index is 465. The van der Waals surface area contributed by atoms with Gasteiger partial charge in [-0.3, -0.25) is 0 Å². The van der Waals surface area contributed by atoms with Crippen molar-refractivity contribution in [2.45, 2.75) is 6.92 Å². The average molecular weight is 174 g/mol. The van der Waals surface area contributed by atoms with Crippen LogP contribution in [0.2, 0.25) is 0 Å². The number of nitrogens with zero attached hydrogens (tertiary/aromatic N) is 2. The molecular weight excluding hydrogens is 168 g/mol. The van der Waals surface area contributed by atoms with Crippen LogP contribution in [0.15, 0.2) is 17.6 Å². The molecule has 2 aromatic rings. The molecule has 0 atom stereocenters. The number of benzene rings is 1. The van der Waals surface area contributed by atoms with Crippen molar-refractivity contribution in [3.8, 4) is 6.07 Å². The van der Waals surface area contributed by atoms with Crippen LogP contribution in [0, 0.1) is 18.3 Å². The summed E-state index contributed by atoms with van der Waals surface area (Å²) in [6, 6.07) is 6.00. The normalized spacial score (nSPS) is 10.0. The van der Waals surface area contributed by atoms with Gasteiger partial charge in [0.15, 0.2) is 0 Å². The van der Waals surface area contributed by atoms with Crippen LogP contribution in [0.5, 0.6) is 0 Å². The Morgan fingerprint density at radius 3 is 3.08 bits per heavy atom. The minimum absolute atomic E-state index is 0.742. The summed E-state index contributed by atoms with van der Waals surface area (Å²) in [7, 11) is 0. The standard InChI is InChI=1S/C9H6N2S/c1-6-2-8-9(12-5-11-8)3-7(6)4-10/h2-3,5H,1H3. The molecule has 0 aliphatic rings. The number of fused-ring (bicyclic) bond motifs is 1. The molecule has 0 saturated heterocycles. The van der Waals surface area contributed by atoms with E-state index in [0.29, 0.717) is 0 Å². The van der Waals surface area contributed by atoms with Crippen LogP contribution in [-0.2, 0) is 0 Å². The van der Waals surface area contributed by atoms with Gasteiger partial charge in [-0.15, -0.1) is 11.3 Å². The van der Waals surface area contributed by atoms with E-state index < -0.39 is 0 Å². The van der Waals surface area contributed by atoms with Crippen molar-refractivity contribution in [3.63, 3.8) is 0 Å². The van der Waals surface area contributed by atoms with E-state index in [1.54, 1.807) is 16.8 Å². The van der Waals surface area contributed by atoms with Gasteiger partial charge in [-0.2, -0.15) is 5.26 Å². The van der Waals surface area contributed by atoms with Crippen LogP contribution in [-0.4, -0.2) is 4.98 Å². The minimum atomic E-state index is 0.742. The van der Waals surface area contributed by atoms with Gasteiger partial charge in [0.05, 0.1) is 27.4 Å². The lowest BCUT2D eigenvalue weighted by Crippen LogP contribution is -1.80. The van der Waals surface area contributed by atoms with Crippen molar-refractivity contribution in [3.05, 3.63) is 28.8 Å². The minimum Gasteiger partial charge on any atom is -0.245 e. The molecule has 0 radical (unpaired) electrons. The van der Waals surface area contributed by atoms with Gasteiger partial charge >= 0.3 is 0 Å². The molecule has 1 aromatic heterocycles. The van der Waals surface area contributed by atoms with Crippen LogP contribution >= 0.6 is 11.3 Å². The topological polar surface area (TPSA) is 36.7 Å². The second kappa shape index (κ2) is 2.58. The maximum absolute atomic E-state index is 8.75. The summed E-state index contributed by atoms with van der Waals surface area (Å²) in [6.45, 7) is 1.93. The number of thiazole rings is 1. The molecule has 1 aromatic carbocycles. The first-order valence-electron chi connectivity index (χ1n) is 3.55. The predicted molar refractivity (Wildman–Crippen MR) is 49.1 cm³/mol. The molecule has 0 unspecified atom stereocenters. The largest absolute Gasteiger partial charge is 0.245 e. The van der Waals surface area contributed by atoms with Crippen molar-refractivity contribution in [1.29, 1.82) is 5.26 Å². The van der Waals surface area contributed by atoms with Crippen molar-refractivity contribution in [2.24, 2.45) is 0 Å². The zero-order chi connectivity index (χ0) is 8.55. The van der Waals surface area contributed by atoms with E-state index in [1.165, 1.54) is 0 Å². The summed E-state index contributed by atoms with van der Waals surface area (Å²) >= 11 is 1.56. The zero-order valence-corrected chi connectivity index (χ0v) is 7.35. The number of aromatic nitrogens is 1. The fourth-order valence-electron chi connectivity index (χ4n) is 1.13. The van der Waals surface area contributed by atoms with Gasteiger partial charge in [0, 0.05) is 0 Å². The van der Waals surface area contributed by atoms with E-state index in [2.05, 4.69) is 11.1 Å². The summed E-state index contributed by atoms with van der Waals surface area (Å²) in [5.74, 6) is 0. The molecular formula is C9H6N2S. The Morgan fingerprint density at radius 2 is 2.33 bits per heavy atom. The Balaban J connectivity index is 2.84. The van der Waals surface area contributed by atoms with E-state index in [9.17, 15) is 0 Å². The molecule has 58 valence electrons. The van der Waals surface area contributed by atoms with E-state index >= 15 is 0 Å². The van der Waals surface area contributed by atoms with Gasteiger partial charge in [0.2, 0.25) is 0 Å². The van der Waals surface area contributed by atoms with E-state index in [1.807, 2.05) is 19.1 Å². The van der Waals surface area contributed by atoms with Crippen molar-refractivity contribution < 1.29 is 0 Å². The second-order valence-corrected chi connectivity index (χ2v) is 3.49. The van der Waals surface area contributed by atoms with Crippen LogP contribution in [0.3, 0.4) is 0 Å². The zero-order valence-electron chi connectivity index (χ0n) is 6.53. The third kappa shape index (κ3) is 0.973. The summed E-state index contributed by atoms with van der Waals surface area (Å²) < 4.78 is 1.08. The Labute approximate surface area is 74.1 Å². The molecule has 0 spiro atoms. The van der Waals surface area contributed by atoms with Gasteiger partial charge in [-0.1, -0.05) is 0 Å². The van der Waals surface area contributed by atoms with Gasteiger partial charge in [0.25, 0.3) is 0 Å². The Hall–Kier alpha value is -1.40. The summed E-state index contributed by atoms with van der Waals surface area (Å²) in [4.78, 5) is 4.16. The molecule has 0 amide bonds. The van der Waals surface area contributed by atoms with E-state index in [-0.39, 0.29) is 0 Å². The summed E-state index contributed by atoms with van der Waals surface area (Å²) in [5, 5.41) is 8.75. The molecule has 12 heavy (non-hydrogen) atoms. The fourth-order valence-corrected chi connectivity index (χ4v) is 1.83. The smallest absolute Gasteiger partial charge is 0.0994 e. The highest BCUT2D eigenvalue weighted by Crippen LogP contribution is 2.21. The van der Waals surface area contributed by atoms with E-state index in [4.69, 9.17) is 5.26 Å². The number of hydrogen-bond donors (Lipinski definition) is 0. The first kappa shape index (κ1) is 7.26. The number of nitriles is 1. The van der Waals surface area contributed by atoms with Crippen LogP contribution in [0.1, 0.15) is 11.1 Å². The molecule has 0 aliphatic carbocycles. The number of hydrogen-bond acceptors (Lipinski definition) is 3. The Morgan fingerprint density at radius 1 is 1.50 bits per heavy atom. The Kier molecular flexibility index (Phi) is 1.56. The van der Waals surface area contributed by atoms with Crippen molar-refractivity contribution in [1.82, 2.24) is 4.98 Å². The fraction of sp³-hybridized carbons (Fsp3) is 0.111. The molecule has 2 rings (SSSR count). The third-order valence-electron chi connectivity index (χ3n) is 1.80. The molecule has 2 nitrogen and oxygen atoms in total. The maximum atomic E-state index is 8.75. The molecule has 0 fully saturated rings. The maximum Gasteiger partial charge on any atom is 0.0994 e. The monoisotopic (exact) mass is 174 g/mol. The molecule has 0 bridgehead atoms. The van der Waals surface area contributed by atoms with Crippen LogP contribution in [0.25, 0.3) is 10.2 Å². The molecule has 0 aliphatic heterocycles. The quantitative estimate of drug-likeness (QED) is 0.615.